The molecule has 1 amide bonds. The van der Waals surface area contributed by atoms with Crippen LogP contribution >= 0.6 is 0 Å². The van der Waals surface area contributed by atoms with Crippen molar-refractivity contribution in [2.45, 2.75) is 25.4 Å². The van der Waals surface area contributed by atoms with Crippen LogP contribution in [0.3, 0.4) is 0 Å². The summed E-state index contributed by atoms with van der Waals surface area (Å²) in [7, 11) is 3.78. The van der Waals surface area contributed by atoms with Gasteiger partial charge in [0, 0.05) is 49.4 Å². The molecule has 0 radical (unpaired) electrons. The number of nitrogens with one attached hydrogen (secondary N) is 3. The van der Waals surface area contributed by atoms with Crippen molar-refractivity contribution in [2.24, 2.45) is 17.3 Å². The van der Waals surface area contributed by atoms with Gasteiger partial charge in [0.15, 0.2) is 11.6 Å². The highest BCUT2D eigenvalue weighted by Gasteiger charge is 3.02. The molecule has 2 heterocycles. The second-order valence-corrected chi connectivity index (χ2v) is 12.0. The molecule has 2 aromatic carbocycles. The summed E-state index contributed by atoms with van der Waals surface area (Å²) in [6, 6.07) is 13.7. The molecule has 0 unspecified atom stereocenters. The first-order valence-corrected chi connectivity index (χ1v) is 14.5. The molecule has 9 nitrogen and oxygen atoms in total. The Kier molecular flexibility index (Phi) is 6.16. The van der Waals surface area contributed by atoms with E-state index in [1.165, 1.54) is 11.9 Å². The number of ether oxygens (including phenoxy) is 1. The lowest BCUT2D eigenvalue weighted by Gasteiger charge is -2.35. The van der Waals surface area contributed by atoms with Crippen LogP contribution in [0.2, 0.25) is 0 Å². The van der Waals surface area contributed by atoms with Crippen LogP contribution < -0.4 is 25.6 Å². The van der Waals surface area contributed by atoms with Crippen molar-refractivity contribution in [3.63, 3.8) is 0 Å². The zero-order valence-corrected chi connectivity index (χ0v) is 24.3. The number of benzene rings is 2. The van der Waals surface area contributed by atoms with Gasteiger partial charge in [-0.1, -0.05) is 24.3 Å². The predicted molar refractivity (Wildman–Crippen MR) is 161 cm³/mol. The Hall–Kier alpha value is -4.18. The van der Waals surface area contributed by atoms with E-state index >= 15 is 0 Å². The number of hydrogen-bond donors (Lipinski definition) is 3. The number of hydrogen-bond acceptors (Lipinski definition) is 8. The Morgan fingerprint density at radius 3 is 2.48 bits per heavy atom. The number of piperazine rings is 1. The second kappa shape index (κ2) is 9.69. The summed E-state index contributed by atoms with van der Waals surface area (Å²) in [5.74, 6) is 0.614. The van der Waals surface area contributed by atoms with Crippen molar-refractivity contribution in [2.75, 3.05) is 55.9 Å². The molecule has 3 fully saturated rings. The average molecular weight is 570 g/mol. The zero-order valence-electron chi connectivity index (χ0n) is 24.3. The van der Waals surface area contributed by atoms with Crippen molar-refractivity contribution in [1.29, 1.82) is 0 Å². The van der Waals surface area contributed by atoms with Crippen LogP contribution in [0.1, 0.15) is 24.1 Å². The van der Waals surface area contributed by atoms with Gasteiger partial charge in [0.25, 0.3) is 0 Å². The van der Waals surface area contributed by atoms with Gasteiger partial charge in [-0.15, -0.1) is 0 Å². The number of likely N-dealkylation sites (N-methyl/N-ethyl adjacent to an activating group) is 1. The van der Waals surface area contributed by atoms with Crippen LogP contribution in [0.15, 0.2) is 60.8 Å². The van der Waals surface area contributed by atoms with Crippen LogP contribution in [-0.2, 0) is 4.79 Å². The number of rotatable bonds is 9. The van der Waals surface area contributed by atoms with E-state index < -0.39 is 16.8 Å². The molecule has 10 heteroatoms. The first kappa shape index (κ1) is 26.7. The quantitative estimate of drug-likeness (QED) is 0.329. The maximum Gasteiger partial charge on any atom is 0.230 e. The van der Waals surface area contributed by atoms with E-state index in [9.17, 15) is 9.18 Å². The van der Waals surface area contributed by atoms with Gasteiger partial charge in [-0.05, 0) is 62.4 Å². The van der Waals surface area contributed by atoms with Crippen molar-refractivity contribution < 1.29 is 13.9 Å². The topological polar surface area (TPSA) is 94.6 Å². The number of amides is 1. The van der Waals surface area contributed by atoms with Gasteiger partial charge in [0.05, 0.1) is 30.3 Å². The summed E-state index contributed by atoms with van der Waals surface area (Å²) >= 11 is 0. The van der Waals surface area contributed by atoms with E-state index in [4.69, 9.17) is 4.74 Å². The largest absolute Gasteiger partial charge is 0.497 e. The summed E-state index contributed by atoms with van der Waals surface area (Å²) in [4.78, 5) is 27.0. The van der Waals surface area contributed by atoms with E-state index in [0.29, 0.717) is 5.95 Å². The maximum atomic E-state index is 15.0. The minimum atomic E-state index is -0.602. The van der Waals surface area contributed by atoms with E-state index in [2.05, 4.69) is 74.0 Å². The first-order valence-electron chi connectivity index (χ1n) is 14.5. The molecule has 3 N–H and O–H groups in total. The third-order valence-corrected chi connectivity index (χ3v) is 9.68. The van der Waals surface area contributed by atoms with Crippen LogP contribution in [0.5, 0.6) is 5.75 Å². The highest BCUT2D eigenvalue weighted by molar-refractivity contribution is 6.01. The highest BCUT2D eigenvalue weighted by atomic mass is 19.1. The zero-order chi connectivity index (χ0) is 29.2. The van der Waals surface area contributed by atoms with E-state index in [0.717, 1.165) is 48.7 Å². The van der Waals surface area contributed by atoms with Crippen LogP contribution in [0, 0.1) is 30.0 Å². The molecule has 3 atom stereocenters. The van der Waals surface area contributed by atoms with E-state index in [1.807, 2.05) is 37.3 Å². The number of carbonyl (C=O) groups excluding carboxylic acids is 1. The van der Waals surface area contributed by atoms with Crippen molar-refractivity contribution in [3.05, 3.63) is 77.8 Å². The number of halogens is 1. The van der Waals surface area contributed by atoms with Crippen LogP contribution in [0.25, 0.3) is 0 Å². The average Bonchev–Trinajstić information content (AvgIpc) is 3.53. The van der Waals surface area contributed by atoms with Gasteiger partial charge in [0.1, 0.15) is 5.75 Å². The van der Waals surface area contributed by atoms with Crippen LogP contribution in [-0.4, -0.2) is 66.7 Å². The smallest absolute Gasteiger partial charge is 0.230 e. The van der Waals surface area contributed by atoms with Crippen LogP contribution in [0.4, 0.5) is 27.5 Å². The molecule has 4 aliphatic carbocycles. The molecule has 8 rings (SSSR count). The molecular formula is C32H36FN7O2. The predicted octanol–water partition coefficient (Wildman–Crippen LogP) is 4.27. The monoisotopic (exact) mass is 569 g/mol. The summed E-state index contributed by atoms with van der Waals surface area (Å²) in [6.07, 6.45) is 5.31. The number of carbonyl (C=O) groups is 1. The Morgan fingerprint density at radius 1 is 1.10 bits per heavy atom. The number of aromatic nitrogens is 2. The van der Waals surface area contributed by atoms with E-state index in [1.54, 1.807) is 7.11 Å². The van der Waals surface area contributed by atoms with Crippen molar-refractivity contribution in [1.82, 2.24) is 20.2 Å². The summed E-state index contributed by atoms with van der Waals surface area (Å²) in [5.41, 5.74) is 3.06. The second-order valence-electron chi connectivity index (χ2n) is 12.0. The van der Waals surface area contributed by atoms with Gasteiger partial charge in [-0.25, -0.2) is 9.37 Å². The molecule has 1 aliphatic heterocycles. The summed E-state index contributed by atoms with van der Waals surface area (Å²) in [5, 5.41) is 9.73. The fraction of sp³-hybridized carbons (Fsp3) is 0.406. The van der Waals surface area contributed by atoms with Gasteiger partial charge >= 0.3 is 0 Å². The lowest BCUT2D eigenvalue weighted by atomic mass is 10.0. The molecule has 2 saturated carbocycles. The minimum Gasteiger partial charge on any atom is -0.497 e. The summed E-state index contributed by atoms with van der Waals surface area (Å²) < 4.78 is 20.2. The molecule has 1 aromatic heterocycles. The molecule has 3 aromatic rings. The normalized spacial score (nSPS) is 27.7. The SMILES string of the molecule is COc1ccc([C@@H](C)NC(=O)C23[C@H]4C=C[C@H]2C43Nc2nc(Nc3ccc(N4CCN(C)CC4)c(C)c3)ncc2F)cc1. The fourth-order valence-corrected chi connectivity index (χ4v) is 7.22. The minimum absolute atomic E-state index is 0.00797. The summed E-state index contributed by atoms with van der Waals surface area (Å²) in [6.45, 7) is 8.15. The fourth-order valence-electron chi connectivity index (χ4n) is 7.22. The van der Waals surface area contributed by atoms with Gasteiger partial charge in [0.2, 0.25) is 11.9 Å². The standard InChI is InChI=1S/C32H36FN7O2/c1-19-17-22(7-10-25(19)40-15-13-39(3)14-16-40)36-30-34-18-24(33)28(37-30)38-32-26-11-12-27(32)31(26,32)29(41)35-20(2)21-5-8-23(42-4)9-6-21/h5-12,17-18,20,26-27H,13-16H2,1-4H3,(H,35,41)(H2,34,36,37,38)/t20-,26-,27-,31?,32?/m1/s1. The molecule has 2 bridgehead atoms. The highest BCUT2D eigenvalue weighted by Crippen LogP contribution is 2.91. The molecule has 5 aliphatic rings. The Labute approximate surface area is 245 Å². The Morgan fingerprint density at radius 2 is 1.81 bits per heavy atom. The number of nitrogens with zero attached hydrogens (tertiary/aromatic N) is 4. The Balaban J connectivity index is 1.04. The van der Waals surface area contributed by atoms with Gasteiger partial charge < -0.3 is 30.5 Å². The lowest BCUT2D eigenvalue weighted by Crippen LogP contribution is -2.44. The van der Waals surface area contributed by atoms with E-state index in [-0.39, 0.29) is 29.6 Å². The third-order valence-electron chi connectivity index (χ3n) is 9.68. The molecule has 42 heavy (non-hydrogen) atoms. The number of methoxy groups -OCH3 is 1. The molecule has 218 valence electrons. The molecule has 1 saturated heterocycles. The maximum absolute atomic E-state index is 15.0. The molecule has 0 spiro atoms. The molecular weight excluding hydrogens is 533 g/mol. The first-order chi connectivity index (χ1) is 20.3. The van der Waals surface area contributed by atoms with Crippen molar-refractivity contribution in [3.8, 4) is 5.75 Å². The van der Waals surface area contributed by atoms with Gasteiger partial charge in [-0.3, -0.25) is 4.79 Å². The number of anilines is 4. The Bertz CT molecular complexity index is 1550. The number of aryl methyl sites for hydroxylation is 1. The third kappa shape index (κ3) is 3.95. The lowest BCUT2D eigenvalue weighted by molar-refractivity contribution is -0.125. The van der Waals surface area contributed by atoms with Crippen molar-refractivity contribution >= 4 is 29.0 Å². The van der Waals surface area contributed by atoms with Gasteiger partial charge in [-0.2, -0.15) is 4.98 Å².